The van der Waals surface area contributed by atoms with Crippen LogP contribution < -0.4 is 5.73 Å². The molecular formula is C17H36N4. The molecule has 0 aromatic heterocycles. The third kappa shape index (κ3) is 5.20. The van der Waals surface area contributed by atoms with E-state index in [1.54, 1.807) is 0 Å². The number of piperazine rings is 1. The van der Waals surface area contributed by atoms with Crippen LogP contribution in [0.15, 0.2) is 0 Å². The minimum Gasteiger partial charge on any atom is -0.330 e. The van der Waals surface area contributed by atoms with Crippen molar-refractivity contribution in [3.05, 3.63) is 0 Å². The number of nitrogens with two attached hydrogens (primary N) is 1. The zero-order chi connectivity index (χ0) is 15.1. The largest absolute Gasteiger partial charge is 0.330 e. The molecule has 0 aromatic rings. The summed E-state index contributed by atoms with van der Waals surface area (Å²) in [6, 6.07) is 1.54. The first-order valence-electron chi connectivity index (χ1n) is 9.11. The van der Waals surface area contributed by atoms with Gasteiger partial charge in [0.2, 0.25) is 0 Å². The van der Waals surface area contributed by atoms with Gasteiger partial charge in [-0.3, -0.25) is 4.90 Å². The molecule has 2 aliphatic rings. The molecule has 0 spiro atoms. The molecule has 2 N–H and O–H groups in total. The maximum Gasteiger partial charge on any atom is 0.0113 e. The second-order valence-corrected chi connectivity index (χ2v) is 6.94. The van der Waals surface area contributed by atoms with Gasteiger partial charge < -0.3 is 15.5 Å². The van der Waals surface area contributed by atoms with Crippen molar-refractivity contribution in [2.45, 2.75) is 57.5 Å². The molecule has 4 nitrogen and oxygen atoms in total. The second kappa shape index (κ2) is 9.09. The van der Waals surface area contributed by atoms with E-state index >= 15 is 0 Å². The Bertz CT molecular complexity index is 276. The van der Waals surface area contributed by atoms with E-state index < -0.39 is 0 Å². The van der Waals surface area contributed by atoms with Crippen molar-refractivity contribution < 1.29 is 0 Å². The lowest BCUT2D eigenvalue weighted by Crippen LogP contribution is -2.51. The van der Waals surface area contributed by atoms with E-state index in [9.17, 15) is 0 Å². The van der Waals surface area contributed by atoms with Crippen LogP contribution in [0.1, 0.15) is 45.4 Å². The van der Waals surface area contributed by atoms with Crippen LogP contribution in [0.2, 0.25) is 0 Å². The Hall–Kier alpha value is -0.160. The summed E-state index contributed by atoms with van der Waals surface area (Å²) in [6.45, 7) is 10.7. The summed E-state index contributed by atoms with van der Waals surface area (Å²) < 4.78 is 0. The normalized spacial score (nSPS) is 27.9. The standard InChI is InChI=1S/C17H36N4/c1-3-16(7-9-18)21-14-12-20(13-15-21)11-8-17-6-4-5-10-19(17)2/h16-17H,3-15,18H2,1-2H3. The SMILES string of the molecule is CCC(CCN)N1CCN(CCC2CCCCN2C)CC1. The Balaban J connectivity index is 1.66. The zero-order valence-corrected chi connectivity index (χ0v) is 14.3. The quantitative estimate of drug-likeness (QED) is 0.774. The van der Waals surface area contributed by atoms with Gasteiger partial charge in [0.1, 0.15) is 0 Å². The van der Waals surface area contributed by atoms with Gasteiger partial charge in [-0.15, -0.1) is 0 Å². The molecule has 0 bridgehead atoms. The van der Waals surface area contributed by atoms with Crippen LogP contribution in [-0.2, 0) is 0 Å². The summed E-state index contributed by atoms with van der Waals surface area (Å²) in [6.07, 6.45) is 7.99. The van der Waals surface area contributed by atoms with Crippen LogP contribution in [0, 0.1) is 0 Å². The highest BCUT2D eigenvalue weighted by Crippen LogP contribution is 2.19. The van der Waals surface area contributed by atoms with Crippen molar-refractivity contribution in [1.82, 2.24) is 14.7 Å². The number of rotatable bonds is 7. The van der Waals surface area contributed by atoms with Gasteiger partial charge in [-0.2, -0.15) is 0 Å². The highest BCUT2D eigenvalue weighted by Gasteiger charge is 2.24. The molecule has 2 atom stereocenters. The number of likely N-dealkylation sites (tertiary alicyclic amines) is 1. The molecule has 2 heterocycles. The smallest absolute Gasteiger partial charge is 0.0113 e. The highest BCUT2D eigenvalue weighted by molar-refractivity contribution is 4.80. The van der Waals surface area contributed by atoms with Gasteiger partial charge in [-0.1, -0.05) is 13.3 Å². The van der Waals surface area contributed by atoms with Gasteiger partial charge in [-0.05, 0) is 58.8 Å². The Morgan fingerprint density at radius 2 is 1.86 bits per heavy atom. The summed E-state index contributed by atoms with van der Waals surface area (Å²) in [4.78, 5) is 7.91. The van der Waals surface area contributed by atoms with Gasteiger partial charge >= 0.3 is 0 Å². The lowest BCUT2D eigenvalue weighted by molar-refractivity contribution is 0.0804. The molecule has 2 unspecified atom stereocenters. The molecule has 0 aromatic carbocycles. The maximum atomic E-state index is 5.74. The lowest BCUT2D eigenvalue weighted by atomic mass is 10.00. The predicted octanol–water partition coefficient (Wildman–Crippen LogP) is 1.61. The third-order valence-corrected chi connectivity index (χ3v) is 5.59. The Morgan fingerprint density at radius 1 is 1.10 bits per heavy atom. The summed E-state index contributed by atoms with van der Waals surface area (Å²) >= 11 is 0. The maximum absolute atomic E-state index is 5.74. The van der Waals surface area contributed by atoms with Crippen molar-refractivity contribution in [2.24, 2.45) is 5.73 Å². The summed E-state index contributed by atoms with van der Waals surface area (Å²) in [7, 11) is 2.31. The van der Waals surface area contributed by atoms with Crippen molar-refractivity contribution in [2.75, 3.05) is 52.9 Å². The third-order valence-electron chi connectivity index (χ3n) is 5.59. The van der Waals surface area contributed by atoms with E-state index in [0.717, 1.165) is 19.0 Å². The minimum absolute atomic E-state index is 0.710. The first-order chi connectivity index (χ1) is 10.2. The van der Waals surface area contributed by atoms with Crippen LogP contribution in [0.5, 0.6) is 0 Å². The van der Waals surface area contributed by atoms with E-state index in [2.05, 4.69) is 28.7 Å². The number of nitrogens with zero attached hydrogens (tertiary/aromatic N) is 3. The Labute approximate surface area is 131 Å². The van der Waals surface area contributed by atoms with E-state index in [-0.39, 0.29) is 0 Å². The van der Waals surface area contributed by atoms with Crippen molar-refractivity contribution in [3.63, 3.8) is 0 Å². The number of hydrogen-bond acceptors (Lipinski definition) is 4. The molecule has 2 fully saturated rings. The average Bonchev–Trinajstić information content (AvgIpc) is 2.52. The van der Waals surface area contributed by atoms with Crippen LogP contribution >= 0.6 is 0 Å². The van der Waals surface area contributed by atoms with Gasteiger partial charge in [0.05, 0.1) is 0 Å². The van der Waals surface area contributed by atoms with Crippen molar-refractivity contribution in [3.8, 4) is 0 Å². The van der Waals surface area contributed by atoms with Crippen LogP contribution in [0.3, 0.4) is 0 Å². The van der Waals surface area contributed by atoms with Crippen LogP contribution in [-0.4, -0.2) is 79.6 Å². The first-order valence-corrected chi connectivity index (χ1v) is 9.11. The second-order valence-electron chi connectivity index (χ2n) is 6.94. The molecule has 0 aliphatic carbocycles. The molecule has 124 valence electrons. The van der Waals surface area contributed by atoms with Crippen LogP contribution in [0.4, 0.5) is 0 Å². The lowest BCUT2D eigenvalue weighted by Gasteiger charge is -2.40. The van der Waals surface area contributed by atoms with Gasteiger partial charge in [-0.25, -0.2) is 0 Å². The van der Waals surface area contributed by atoms with Gasteiger partial charge in [0.25, 0.3) is 0 Å². The van der Waals surface area contributed by atoms with Gasteiger partial charge in [0, 0.05) is 38.3 Å². The zero-order valence-electron chi connectivity index (χ0n) is 14.3. The summed E-state index contributed by atoms with van der Waals surface area (Å²) in [5.74, 6) is 0. The average molecular weight is 297 g/mol. The molecule has 0 saturated carbocycles. The number of piperidine rings is 1. The van der Waals surface area contributed by atoms with E-state index in [0.29, 0.717) is 6.04 Å². The van der Waals surface area contributed by atoms with Crippen molar-refractivity contribution in [1.29, 1.82) is 0 Å². The van der Waals surface area contributed by atoms with E-state index in [1.165, 1.54) is 71.4 Å². The van der Waals surface area contributed by atoms with E-state index in [1.807, 2.05) is 0 Å². The first kappa shape index (κ1) is 17.2. The molecule has 0 amide bonds. The fourth-order valence-corrected chi connectivity index (χ4v) is 4.03. The molecule has 0 radical (unpaired) electrons. The van der Waals surface area contributed by atoms with Crippen molar-refractivity contribution >= 4 is 0 Å². The molecular weight excluding hydrogens is 260 g/mol. The fraction of sp³-hybridized carbons (Fsp3) is 1.00. The Kier molecular flexibility index (Phi) is 7.44. The highest BCUT2D eigenvalue weighted by atomic mass is 15.3. The monoisotopic (exact) mass is 296 g/mol. The van der Waals surface area contributed by atoms with Gasteiger partial charge in [0.15, 0.2) is 0 Å². The molecule has 21 heavy (non-hydrogen) atoms. The fourth-order valence-electron chi connectivity index (χ4n) is 4.03. The summed E-state index contributed by atoms with van der Waals surface area (Å²) in [5, 5.41) is 0. The van der Waals surface area contributed by atoms with E-state index in [4.69, 9.17) is 5.73 Å². The Morgan fingerprint density at radius 3 is 2.48 bits per heavy atom. The molecule has 2 rings (SSSR count). The summed E-state index contributed by atoms with van der Waals surface area (Å²) in [5.41, 5.74) is 5.74. The number of hydrogen-bond donors (Lipinski definition) is 1. The molecule has 2 aliphatic heterocycles. The molecule has 2 saturated heterocycles. The predicted molar refractivity (Wildman–Crippen MR) is 90.6 cm³/mol. The topological polar surface area (TPSA) is 35.7 Å². The van der Waals surface area contributed by atoms with Crippen LogP contribution in [0.25, 0.3) is 0 Å². The minimum atomic E-state index is 0.710. The molecule has 4 heteroatoms.